The number of hydrogen-bond acceptors (Lipinski definition) is 2. The minimum Gasteiger partial charge on any atom is -0.294 e. The highest BCUT2D eigenvalue weighted by Crippen LogP contribution is 2.33. The van der Waals surface area contributed by atoms with E-state index in [-0.39, 0.29) is 16.2 Å². The third kappa shape index (κ3) is 3.17. The minimum absolute atomic E-state index is 0.0501. The van der Waals surface area contributed by atoms with E-state index < -0.39 is 17.5 Å². The van der Waals surface area contributed by atoms with Crippen molar-refractivity contribution in [2.45, 2.75) is 16.7 Å². The molecule has 0 radical (unpaired) electrons. The van der Waals surface area contributed by atoms with E-state index in [2.05, 4.69) is 0 Å². The van der Waals surface area contributed by atoms with Crippen molar-refractivity contribution in [2.24, 2.45) is 0 Å². The van der Waals surface area contributed by atoms with Crippen LogP contribution in [0.1, 0.15) is 17.3 Å². The molecule has 0 amide bonds. The van der Waals surface area contributed by atoms with E-state index in [9.17, 15) is 18.0 Å². The Hall–Kier alpha value is -1.75. The molecule has 0 saturated heterocycles. The topological polar surface area (TPSA) is 17.1 Å². The van der Waals surface area contributed by atoms with E-state index >= 15 is 0 Å². The van der Waals surface area contributed by atoms with Gasteiger partial charge in [0.25, 0.3) is 0 Å². The van der Waals surface area contributed by atoms with Gasteiger partial charge in [-0.25, -0.2) is 13.2 Å². The van der Waals surface area contributed by atoms with E-state index in [4.69, 9.17) is 0 Å². The number of halogens is 3. The summed E-state index contributed by atoms with van der Waals surface area (Å²) in [5, 5.41) is 0. The molecule has 1 nitrogen and oxygen atoms in total. The SMILES string of the molecule is CC(=O)c1cc(F)ccc1Sc1cc(F)ccc1F. The van der Waals surface area contributed by atoms with Gasteiger partial charge in [0.2, 0.25) is 0 Å². The van der Waals surface area contributed by atoms with Crippen LogP contribution in [0, 0.1) is 17.5 Å². The lowest BCUT2D eigenvalue weighted by molar-refractivity contribution is 0.101. The Balaban J connectivity index is 2.43. The van der Waals surface area contributed by atoms with Crippen molar-refractivity contribution in [3.8, 4) is 0 Å². The van der Waals surface area contributed by atoms with Gasteiger partial charge in [0, 0.05) is 10.5 Å². The van der Waals surface area contributed by atoms with Gasteiger partial charge in [-0.05, 0) is 43.3 Å². The zero-order chi connectivity index (χ0) is 14.0. The maximum Gasteiger partial charge on any atom is 0.161 e. The molecule has 0 bridgehead atoms. The van der Waals surface area contributed by atoms with Crippen molar-refractivity contribution in [2.75, 3.05) is 0 Å². The second-order valence-corrected chi connectivity index (χ2v) is 4.96. The quantitative estimate of drug-likeness (QED) is 0.773. The third-order valence-corrected chi connectivity index (χ3v) is 3.54. The van der Waals surface area contributed by atoms with Crippen LogP contribution >= 0.6 is 11.8 Å². The highest BCUT2D eigenvalue weighted by Gasteiger charge is 2.13. The monoisotopic (exact) mass is 282 g/mol. The highest BCUT2D eigenvalue weighted by atomic mass is 32.2. The molecule has 0 unspecified atom stereocenters. The zero-order valence-electron chi connectivity index (χ0n) is 9.91. The van der Waals surface area contributed by atoms with E-state index in [0.29, 0.717) is 4.90 Å². The van der Waals surface area contributed by atoms with Crippen molar-refractivity contribution in [3.63, 3.8) is 0 Å². The molecule has 2 aromatic rings. The smallest absolute Gasteiger partial charge is 0.161 e. The number of Topliss-reactive ketones (excluding diaryl/α,β-unsaturated/α-hetero) is 1. The van der Waals surface area contributed by atoms with Crippen molar-refractivity contribution in [1.29, 1.82) is 0 Å². The van der Waals surface area contributed by atoms with Crippen LogP contribution in [0.4, 0.5) is 13.2 Å². The molecule has 0 N–H and O–H groups in total. The summed E-state index contributed by atoms with van der Waals surface area (Å²) in [5.41, 5.74) is 0.147. The predicted molar refractivity (Wildman–Crippen MR) is 66.9 cm³/mol. The number of carbonyl (C=O) groups is 1. The van der Waals surface area contributed by atoms with Crippen LogP contribution in [-0.2, 0) is 0 Å². The summed E-state index contributed by atoms with van der Waals surface area (Å²) in [6.07, 6.45) is 0. The van der Waals surface area contributed by atoms with Gasteiger partial charge in [-0.2, -0.15) is 0 Å². The van der Waals surface area contributed by atoms with E-state index in [1.165, 1.54) is 19.1 Å². The molecule has 0 aliphatic rings. The van der Waals surface area contributed by atoms with Gasteiger partial charge in [0.1, 0.15) is 17.5 Å². The zero-order valence-corrected chi connectivity index (χ0v) is 10.7. The van der Waals surface area contributed by atoms with Gasteiger partial charge < -0.3 is 0 Å². The Labute approximate surface area is 112 Å². The molecule has 19 heavy (non-hydrogen) atoms. The fraction of sp³-hybridized carbons (Fsp3) is 0.0714. The van der Waals surface area contributed by atoms with E-state index in [1.54, 1.807) is 0 Å². The first-order valence-corrected chi connectivity index (χ1v) is 6.22. The van der Waals surface area contributed by atoms with Crippen LogP contribution in [0.25, 0.3) is 0 Å². The van der Waals surface area contributed by atoms with Crippen LogP contribution in [-0.4, -0.2) is 5.78 Å². The van der Waals surface area contributed by atoms with Crippen LogP contribution in [0.5, 0.6) is 0 Å². The van der Waals surface area contributed by atoms with Crippen LogP contribution < -0.4 is 0 Å². The van der Waals surface area contributed by atoms with Gasteiger partial charge in [0.05, 0.1) is 4.90 Å². The number of hydrogen-bond donors (Lipinski definition) is 0. The minimum atomic E-state index is -0.592. The average molecular weight is 282 g/mol. The summed E-state index contributed by atoms with van der Waals surface area (Å²) in [5.74, 6) is -2.05. The van der Waals surface area contributed by atoms with Crippen LogP contribution in [0.2, 0.25) is 0 Å². The Morgan fingerprint density at radius 1 is 0.947 bits per heavy atom. The third-order valence-electron chi connectivity index (χ3n) is 2.43. The average Bonchev–Trinajstić information content (AvgIpc) is 2.35. The lowest BCUT2D eigenvalue weighted by Crippen LogP contribution is -1.96. The lowest BCUT2D eigenvalue weighted by Gasteiger charge is -2.07. The molecule has 0 aromatic heterocycles. The van der Waals surface area contributed by atoms with Gasteiger partial charge in [-0.1, -0.05) is 11.8 Å². The van der Waals surface area contributed by atoms with Gasteiger partial charge in [-0.15, -0.1) is 0 Å². The fourth-order valence-corrected chi connectivity index (χ4v) is 2.56. The first-order valence-electron chi connectivity index (χ1n) is 5.41. The summed E-state index contributed by atoms with van der Waals surface area (Å²) >= 11 is 0.890. The second-order valence-electron chi connectivity index (χ2n) is 3.87. The Morgan fingerprint density at radius 3 is 2.26 bits per heavy atom. The maximum atomic E-state index is 13.5. The van der Waals surface area contributed by atoms with Gasteiger partial charge in [-0.3, -0.25) is 4.79 Å². The normalized spacial score (nSPS) is 10.5. The Morgan fingerprint density at radius 2 is 1.58 bits per heavy atom. The van der Waals surface area contributed by atoms with Crippen molar-refractivity contribution in [1.82, 2.24) is 0 Å². The number of benzene rings is 2. The van der Waals surface area contributed by atoms with Crippen molar-refractivity contribution >= 4 is 17.5 Å². The molecule has 2 rings (SSSR count). The molecule has 0 heterocycles. The summed E-state index contributed by atoms with van der Waals surface area (Å²) in [6.45, 7) is 1.29. The number of rotatable bonds is 3. The Bertz CT molecular complexity index is 641. The summed E-state index contributed by atoms with van der Waals surface area (Å²) in [6, 6.07) is 6.69. The molecule has 5 heteroatoms. The van der Waals surface area contributed by atoms with Crippen molar-refractivity contribution in [3.05, 3.63) is 59.4 Å². The lowest BCUT2D eigenvalue weighted by atomic mass is 10.1. The first kappa shape index (κ1) is 13.7. The fourth-order valence-electron chi connectivity index (χ4n) is 1.54. The van der Waals surface area contributed by atoms with E-state index in [0.717, 1.165) is 36.0 Å². The molecular weight excluding hydrogens is 273 g/mol. The standard InChI is InChI=1S/C14H9F3OS/c1-8(18)11-6-9(15)3-5-13(11)19-14-7-10(16)2-4-12(14)17/h2-7H,1H3. The predicted octanol–water partition coefficient (Wildman–Crippen LogP) is 4.46. The van der Waals surface area contributed by atoms with Crippen molar-refractivity contribution < 1.29 is 18.0 Å². The molecule has 0 aliphatic heterocycles. The highest BCUT2D eigenvalue weighted by molar-refractivity contribution is 7.99. The largest absolute Gasteiger partial charge is 0.294 e. The maximum absolute atomic E-state index is 13.5. The van der Waals surface area contributed by atoms with Gasteiger partial charge in [0.15, 0.2) is 5.78 Å². The molecule has 98 valence electrons. The molecule has 0 saturated carbocycles. The molecule has 0 spiro atoms. The molecule has 0 aliphatic carbocycles. The van der Waals surface area contributed by atoms with E-state index in [1.807, 2.05) is 0 Å². The van der Waals surface area contributed by atoms with Crippen LogP contribution in [0.3, 0.4) is 0 Å². The summed E-state index contributed by atoms with van der Waals surface area (Å²) in [7, 11) is 0. The molecule has 0 fully saturated rings. The number of ketones is 1. The summed E-state index contributed by atoms with van der Waals surface area (Å²) < 4.78 is 39.7. The van der Waals surface area contributed by atoms with Crippen LogP contribution in [0.15, 0.2) is 46.2 Å². The molecule has 2 aromatic carbocycles. The van der Waals surface area contributed by atoms with Gasteiger partial charge >= 0.3 is 0 Å². The molecule has 0 atom stereocenters. The second kappa shape index (κ2) is 5.48. The summed E-state index contributed by atoms with van der Waals surface area (Å²) in [4.78, 5) is 11.9. The number of carbonyl (C=O) groups excluding carboxylic acids is 1. The first-order chi connectivity index (χ1) is 8.97. The molecular formula is C14H9F3OS. The Kier molecular flexibility index (Phi) is 3.95.